The molecule has 1 saturated heterocycles. The highest BCUT2D eigenvalue weighted by molar-refractivity contribution is 6.66. The second-order valence-corrected chi connectivity index (χ2v) is 6.56. The van der Waals surface area contributed by atoms with E-state index >= 15 is 0 Å². The predicted molar refractivity (Wildman–Crippen MR) is 83.3 cm³/mol. The van der Waals surface area contributed by atoms with E-state index in [-0.39, 0.29) is 0 Å². The number of benzene rings is 1. The zero-order chi connectivity index (χ0) is 15.1. The van der Waals surface area contributed by atoms with Crippen molar-refractivity contribution in [2.45, 2.75) is 45.8 Å². The molecule has 3 nitrogen and oxygen atoms in total. The van der Waals surface area contributed by atoms with Crippen molar-refractivity contribution in [3.63, 3.8) is 0 Å². The van der Waals surface area contributed by atoms with Crippen molar-refractivity contribution in [2.24, 2.45) is 0 Å². The van der Waals surface area contributed by atoms with Gasteiger partial charge in [0, 0.05) is 5.46 Å². The normalized spacial score (nSPS) is 20.2. The van der Waals surface area contributed by atoms with Crippen molar-refractivity contribution in [1.29, 1.82) is 0 Å². The third-order valence-corrected chi connectivity index (χ3v) is 4.76. The van der Waals surface area contributed by atoms with Crippen molar-refractivity contribution >= 4 is 35.8 Å². The topological polar surface area (TPSA) is 27.7 Å². The quantitative estimate of drug-likeness (QED) is 0.796. The summed E-state index contributed by atoms with van der Waals surface area (Å²) in [5, 5.41) is 0.803. The Hall–Kier alpha value is -0.415. The van der Waals surface area contributed by atoms with Crippen molar-refractivity contribution in [1.82, 2.24) is 0 Å². The standard InChI is InChI=1S/C14H19BCl2O3/c1-6-18-10-8-7-9(11(16)12(10)17)15-19-13(2,3)14(4,5)20-15/h7-8H,6H2,1-5H3. The molecule has 0 unspecified atom stereocenters. The summed E-state index contributed by atoms with van der Waals surface area (Å²) >= 11 is 12.6. The zero-order valence-corrected chi connectivity index (χ0v) is 13.9. The Bertz CT molecular complexity index is 501. The van der Waals surface area contributed by atoms with Gasteiger partial charge in [-0.3, -0.25) is 0 Å². The molecule has 1 fully saturated rings. The van der Waals surface area contributed by atoms with Crippen LogP contribution in [0.2, 0.25) is 10.0 Å². The Kier molecular flexibility index (Phi) is 4.32. The third kappa shape index (κ3) is 2.67. The van der Waals surface area contributed by atoms with E-state index in [9.17, 15) is 0 Å². The fraction of sp³-hybridized carbons (Fsp3) is 0.571. The monoisotopic (exact) mass is 316 g/mol. The van der Waals surface area contributed by atoms with E-state index in [4.69, 9.17) is 37.2 Å². The van der Waals surface area contributed by atoms with Gasteiger partial charge in [-0.1, -0.05) is 29.3 Å². The third-order valence-electron chi connectivity index (χ3n) is 3.88. The van der Waals surface area contributed by atoms with Gasteiger partial charge in [0.15, 0.2) is 0 Å². The Morgan fingerprint density at radius 2 is 1.60 bits per heavy atom. The van der Waals surface area contributed by atoms with Crippen LogP contribution in [0.15, 0.2) is 12.1 Å². The number of halogens is 2. The van der Waals surface area contributed by atoms with Gasteiger partial charge in [0.1, 0.15) is 10.8 Å². The van der Waals surface area contributed by atoms with Gasteiger partial charge in [0.2, 0.25) is 0 Å². The van der Waals surface area contributed by atoms with Crippen molar-refractivity contribution in [3.05, 3.63) is 22.2 Å². The second kappa shape index (κ2) is 5.41. The summed E-state index contributed by atoms with van der Waals surface area (Å²) in [6.07, 6.45) is 0. The molecule has 0 saturated carbocycles. The first-order valence-electron chi connectivity index (χ1n) is 6.66. The number of ether oxygens (including phenoxy) is 1. The Morgan fingerprint density at radius 1 is 1.05 bits per heavy atom. The molecule has 20 heavy (non-hydrogen) atoms. The van der Waals surface area contributed by atoms with Crippen molar-refractivity contribution in [2.75, 3.05) is 6.61 Å². The molecule has 0 spiro atoms. The summed E-state index contributed by atoms with van der Waals surface area (Å²) in [7, 11) is -0.527. The van der Waals surface area contributed by atoms with Gasteiger partial charge < -0.3 is 14.0 Å². The van der Waals surface area contributed by atoms with Gasteiger partial charge in [-0.25, -0.2) is 0 Å². The van der Waals surface area contributed by atoms with Crippen molar-refractivity contribution < 1.29 is 14.0 Å². The van der Waals surface area contributed by atoms with Crippen LogP contribution in [0.5, 0.6) is 5.75 Å². The molecule has 0 radical (unpaired) electrons. The summed E-state index contributed by atoms with van der Waals surface area (Å²) in [6, 6.07) is 3.62. The predicted octanol–water partition coefficient (Wildman–Crippen LogP) is 3.69. The average Bonchev–Trinajstić information content (AvgIpc) is 2.55. The molecule has 0 atom stereocenters. The second-order valence-electron chi connectivity index (χ2n) is 5.80. The molecule has 1 aliphatic heterocycles. The van der Waals surface area contributed by atoms with Crippen LogP contribution in [0.4, 0.5) is 0 Å². The maximum absolute atomic E-state index is 6.33. The lowest BCUT2D eigenvalue weighted by Crippen LogP contribution is -2.41. The molecule has 0 aliphatic carbocycles. The highest BCUT2D eigenvalue weighted by Gasteiger charge is 2.52. The molecular formula is C14H19BCl2O3. The van der Waals surface area contributed by atoms with Crippen LogP contribution in [-0.2, 0) is 9.31 Å². The molecule has 110 valence electrons. The summed E-state index contributed by atoms with van der Waals surface area (Å²) in [6.45, 7) is 10.4. The molecule has 0 aromatic heterocycles. The highest BCUT2D eigenvalue weighted by Crippen LogP contribution is 2.38. The van der Waals surface area contributed by atoms with E-state index < -0.39 is 18.3 Å². The van der Waals surface area contributed by atoms with Crippen LogP contribution in [0.3, 0.4) is 0 Å². The van der Waals surface area contributed by atoms with E-state index in [2.05, 4.69) is 0 Å². The molecule has 0 bridgehead atoms. The van der Waals surface area contributed by atoms with Crippen LogP contribution < -0.4 is 10.2 Å². The van der Waals surface area contributed by atoms with Gasteiger partial charge in [0.25, 0.3) is 0 Å². The zero-order valence-electron chi connectivity index (χ0n) is 12.4. The van der Waals surface area contributed by atoms with E-state index in [1.165, 1.54) is 0 Å². The SMILES string of the molecule is CCOc1ccc(B2OC(C)(C)C(C)(C)O2)c(Cl)c1Cl. The van der Waals surface area contributed by atoms with Crippen LogP contribution in [0.1, 0.15) is 34.6 Å². The lowest BCUT2D eigenvalue weighted by atomic mass is 9.79. The molecular weight excluding hydrogens is 298 g/mol. The molecule has 0 amide bonds. The molecule has 1 aromatic rings. The summed E-state index contributed by atoms with van der Waals surface area (Å²) in [4.78, 5) is 0. The lowest BCUT2D eigenvalue weighted by Gasteiger charge is -2.32. The largest absolute Gasteiger partial charge is 0.496 e. The van der Waals surface area contributed by atoms with E-state index in [0.29, 0.717) is 22.4 Å². The molecule has 2 rings (SSSR count). The minimum absolute atomic E-state index is 0.390. The number of hydrogen-bond acceptors (Lipinski definition) is 3. The summed E-state index contributed by atoms with van der Waals surface area (Å²) in [5.41, 5.74) is -0.100. The fourth-order valence-corrected chi connectivity index (χ4v) is 2.44. The van der Waals surface area contributed by atoms with Gasteiger partial charge >= 0.3 is 7.12 Å². The smallest absolute Gasteiger partial charge is 0.492 e. The Morgan fingerprint density at radius 3 is 2.10 bits per heavy atom. The maximum Gasteiger partial charge on any atom is 0.496 e. The molecule has 6 heteroatoms. The summed E-state index contributed by atoms with van der Waals surface area (Å²) < 4.78 is 17.4. The van der Waals surface area contributed by atoms with Gasteiger partial charge in [0.05, 0.1) is 22.8 Å². The minimum Gasteiger partial charge on any atom is -0.492 e. The number of hydrogen-bond donors (Lipinski definition) is 0. The van der Waals surface area contributed by atoms with Crippen LogP contribution >= 0.6 is 23.2 Å². The van der Waals surface area contributed by atoms with Crippen LogP contribution in [-0.4, -0.2) is 24.9 Å². The Balaban J connectivity index is 2.34. The first-order chi connectivity index (χ1) is 9.19. The lowest BCUT2D eigenvalue weighted by molar-refractivity contribution is 0.00578. The molecule has 1 heterocycles. The van der Waals surface area contributed by atoms with Gasteiger partial charge in [-0.2, -0.15) is 0 Å². The molecule has 1 aliphatic rings. The van der Waals surface area contributed by atoms with E-state index in [1.54, 1.807) is 6.07 Å². The molecule has 1 aromatic carbocycles. The van der Waals surface area contributed by atoms with Crippen LogP contribution in [0.25, 0.3) is 0 Å². The van der Waals surface area contributed by atoms with Gasteiger partial charge in [-0.15, -0.1) is 0 Å². The molecule has 0 N–H and O–H groups in total. The fourth-order valence-electron chi connectivity index (χ4n) is 1.97. The summed E-state index contributed by atoms with van der Waals surface area (Å²) in [5.74, 6) is 0.569. The average molecular weight is 317 g/mol. The van der Waals surface area contributed by atoms with Gasteiger partial charge in [-0.05, 0) is 40.7 Å². The first-order valence-corrected chi connectivity index (χ1v) is 7.41. The Labute approximate surface area is 130 Å². The van der Waals surface area contributed by atoms with E-state index in [1.807, 2.05) is 40.7 Å². The first kappa shape index (κ1) is 16.0. The van der Waals surface area contributed by atoms with Crippen LogP contribution in [0, 0.1) is 0 Å². The highest BCUT2D eigenvalue weighted by atomic mass is 35.5. The van der Waals surface area contributed by atoms with E-state index in [0.717, 1.165) is 5.46 Å². The number of rotatable bonds is 3. The minimum atomic E-state index is -0.527. The maximum atomic E-state index is 6.33. The van der Waals surface area contributed by atoms with Crippen molar-refractivity contribution in [3.8, 4) is 5.75 Å².